The molecule has 16 heavy (non-hydrogen) atoms. The van der Waals surface area contributed by atoms with Crippen LogP contribution >= 0.6 is 0 Å². The maximum absolute atomic E-state index is 13.5. The molecular weight excluding hydrogens is 217 g/mol. The average Bonchev–Trinajstić information content (AvgIpc) is 2.26. The smallest absolute Gasteiger partial charge is 0.196 e. The molecule has 0 aliphatic heterocycles. The van der Waals surface area contributed by atoms with Gasteiger partial charge in [-0.1, -0.05) is 0 Å². The van der Waals surface area contributed by atoms with Gasteiger partial charge in [-0.05, 0) is 19.1 Å². The van der Waals surface area contributed by atoms with Crippen LogP contribution in [0.3, 0.4) is 0 Å². The van der Waals surface area contributed by atoms with Gasteiger partial charge in [0.05, 0.1) is 0 Å². The van der Waals surface area contributed by atoms with E-state index in [-0.39, 0.29) is 10.9 Å². The Labute approximate surface area is 90.1 Å². The first-order chi connectivity index (χ1) is 7.54. The Balaban J connectivity index is 2.94. The number of anilines is 1. The van der Waals surface area contributed by atoms with E-state index in [1.807, 2.05) is 0 Å². The number of benzene rings is 1. The van der Waals surface area contributed by atoms with Crippen LogP contribution in [0.5, 0.6) is 0 Å². The van der Waals surface area contributed by atoms with E-state index in [0.29, 0.717) is 11.4 Å². The molecule has 1 N–H and O–H groups in total. The summed E-state index contributed by atoms with van der Waals surface area (Å²) < 4.78 is 39.5. The molecule has 84 valence electrons. The third-order valence-corrected chi connectivity index (χ3v) is 2.34. The molecule has 2 aromatic rings. The van der Waals surface area contributed by atoms with E-state index >= 15 is 0 Å². The number of hydrogen-bond donors (Lipinski definition) is 1. The van der Waals surface area contributed by atoms with Gasteiger partial charge >= 0.3 is 0 Å². The molecule has 0 spiro atoms. The zero-order chi connectivity index (χ0) is 11.9. The minimum Gasteiger partial charge on any atom is -0.388 e. The largest absolute Gasteiger partial charge is 0.388 e. The van der Waals surface area contributed by atoms with E-state index in [0.717, 1.165) is 6.07 Å². The molecule has 0 fully saturated rings. The van der Waals surface area contributed by atoms with Gasteiger partial charge in [0.15, 0.2) is 17.5 Å². The molecule has 1 aromatic carbocycles. The highest BCUT2D eigenvalue weighted by Gasteiger charge is 2.16. The Morgan fingerprint density at radius 2 is 1.81 bits per heavy atom. The van der Waals surface area contributed by atoms with Crippen molar-refractivity contribution in [2.45, 2.75) is 6.92 Å². The van der Waals surface area contributed by atoms with Crippen molar-refractivity contribution in [3.63, 3.8) is 0 Å². The van der Waals surface area contributed by atoms with E-state index in [1.165, 1.54) is 0 Å². The fraction of sp³-hybridized carbons (Fsp3) is 0.182. The van der Waals surface area contributed by atoms with Gasteiger partial charge in [0, 0.05) is 23.8 Å². The molecule has 1 heterocycles. The van der Waals surface area contributed by atoms with Crippen LogP contribution in [0.25, 0.3) is 10.9 Å². The lowest BCUT2D eigenvalue weighted by Crippen LogP contribution is -1.99. The van der Waals surface area contributed by atoms with E-state index in [4.69, 9.17) is 0 Å². The Morgan fingerprint density at radius 3 is 2.44 bits per heavy atom. The number of aromatic nitrogens is 1. The van der Waals surface area contributed by atoms with Gasteiger partial charge in [0.1, 0.15) is 5.52 Å². The predicted molar refractivity (Wildman–Crippen MR) is 55.9 cm³/mol. The van der Waals surface area contributed by atoms with Gasteiger partial charge in [-0.3, -0.25) is 0 Å². The number of rotatable bonds is 1. The lowest BCUT2D eigenvalue weighted by Gasteiger charge is -2.08. The maximum atomic E-state index is 13.5. The molecule has 2 rings (SSSR count). The van der Waals surface area contributed by atoms with Crippen LogP contribution in [-0.4, -0.2) is 12.0 Å². The van der Waals surface area contributed by atoms with E-state index < -0.39 is 17.5 Å². The predicted octanol–water partition coefficient (Wildman–Crippen LogP) is 3.00. The summed E-state index contributed by atoms with van der Waals surface area (Å²) in [4.78, 5) is 3.86. The monoisotopic (exact) mass is 226 g/mol. The highest BCUT2D eigenvalue weighted by molar-refractivity contribution is 5.91. The summed E-state index contributed by atoms with van der Waals surface area (Å²) in [7, 11) is 1.62. The summed E-state index contributed by atoms with van der Waals surface area (Å²) in [5, 5.41) is 3.02. The minimum absolute atomic E-state index is 0.164. The fourth-order valence-electron chi connectivity index (χ4n) is 1.60. The van der Waals surface area contributed by atoms with Crippen molar-refractivity contribution in [3.05, 3.63) is 35.3 Å². The Kier molecular flexibility index (Phi) is 2.46. The summed E-state index contributed by atoms with van der Waals surface area (Å²) in [6.07, 6.45) is 0. The zero-order valence-electron chi connectivity index (χ0n) is 8.74. The lowest BCUT2D eigenvalue weighted by atomic mass is 10.1. The molecule has 0 radical (unpaired) electrons. The molecule has 0 saturated carbocycles. The van der Waals surface area contributed by atoms with Crippen molar-refractivity contribution in [2.24, 2.45) is 0 Å². The van der Waals surface area contributed by atoms with Gasteiger partial charge < -0.3 is 5.32 Å². The van der Waals surface area contributed by atoms with E-state index in [2.05, 4.69) is 10.3 Å². The molecular formula is C11H9F3N2. The quantitative estimate of drug-likeness (QED) is 0.756. The van der Waals surface area contributed by atoms with Crippen LogP contribution in [0.1, 0.15) is 5.69 Å². The highest BCUT2D eigenvalue weighted by atomic mass is 19.2. The number of halogens is 3. The maximum Gasteiger partial charge on any atom is 0.196 e. The molecule has 0 unspecified atom stereocenters. The van der Waals surface area contributed by atoms with Crippen molar-refractivity contribution in [2.75, 3.05) is 12.4 Å². The Hall–Kier alpha value is -1.78. The van der Waals surface area contributed by atoms with Gasteiger partial charge in [-0.15, -0.1) is 0 Å². The van der Waals surface area contributed by atoms with Crippen molar-refractivity contribution in [1.82, 2.24) is 4.98 Å². The third-order valence-electron chi connectivity index (χ3n) is 2.34. The fourth-order valence-corrected chi connectivity index (χ4v) is 1.60. The number of pyridine rings is 1. The second-order valence-electron chi connectivity index (χ2n) is 3.44. The van der Waals surface area contributed by atoms with Crippen LogP contribution in [-0.2, 0) is 0 Å². The molecule has 0 atom stereocenters. The normalized spacial score (nSPS) is 10.8. The zero-order valence-corrected chi connectivity index (χ0v) is 8.74. The summed E-state index contributed by atoms with van der Waals surface area (Å²) in [5.41, 5.74) is 0.880. The van der Waals surface area contributed by atoms with Crippen molar-refractivity contribution < 1.29 is 13.2 Å². The molecule has 0 bridgehead atoms. The highest BCUT2D eigenvalue weighted by Crippen LogP contribution is 2.27. The van der Waals surface area contributed by atoms with Crippen LogP contribution in [0.15, 0.2) is 12.1 Å². The summed E-state index contributed by atoms with van der Waals surface area (Å²) in [6.45, 7) is 1.65. The summed E-state index contributed by atoms with van der Waals surface area (Å²) >= 11 is 0. The molecule has 0 saturated heterocycles. The first-order valence-corrected chi connectivity index (χ1v) is 4.67. The van der Waals surface area contributed by atoms with Crippen molar-refractivity contribution >= 4 is 16.6 Å². The van der Waals surface area contributed by atoms with Crippen molar-refractivity contribution in [3.8, 4) is 0 Å². The van der Waals surface area contributed by atoms with Gasteiger partial charge in [0.25, 0.3) is 0 Å². The number of fused-ring (bicyclic) bond motifs is 1. The number of aryl methyl sites for hydroxylation is 1. The van der Waals surface area contributed by atoms with Gasteiger partial charge in [-0.2, -0.15) is 0 Å². The van der Waals surface area contributed by atoms with Crippen LogP contribution in [0, 0.1) is 24.4 Å². The molecule has 0 amide bonds. The van der Waals surface area contributed by atoms with Crippen LogP contribution in [0.2, 0.25) is 0 Å². The number of nitrogens with zero attached hydrogens (tertiary/aromatic N) is 1. The first kappa shape index (κ1) is 10.7. The topological polar surface area (TPSA) is 24.9 Å². The molecule has 5 heteroatoms. The van der Waals surface area contributed by atoms with E-state index in [1.54, 1.807) is 20.0 Å². The van der Waals surface area contributed by atoms with E-state index in [9.17, 15) is 13.2 Å². The van der Waals surface area contributed by atoms with Crippen LogP contribution < -0.4 is 5.32 Å². The van der Waals surface area contributed by atoms with Crippen molar-refractivity contribution in [1.29, 1.82) is 0 Å². The Bertz CT molecular complexity index is 567. The number of hydrogen-bond acceptors (Lipinski definition) is 2. The third kappa shape index (κ3) is 1.48. The second kappa shape index (κ2) is 3.66. The van der Waals surface area contributed by atoms with Gasteiger partial charge in [0.2, 0.25) is 0 Å². The first-order valence-electron chi connectivity index (χ1n) is 4.67. The minimum atomic E-state index is -1.49. The van der Waals surface area contributed by atoms with Gasteiger partial charge in [-0.25, -0.2) is 18.2 Å². The standard InChI is InChI=1S/C11H9F3N2/c1-5-3-8(15-2)6-4-7(12)9(13)10(14)11(6)16-5/h3-4H,1-2H3,(H,15,16). The second-order valence-corrected chi connectivity index (χ2v) is 3.44. The SMILES string of the molecule is CNc1cc(C)nc2c(F)c(F)c(F)cc12. The molecule has 0 aliphatic rings. The number of nitrogens with one attached hydrogen (secondary N) is 1. The molecule has 2 nitrogen and oxygen atoms in total. The average molecular weight is 226 g/mol. The Morgan fingerprint density at radius 1 is 1.12 bits per heavy atom. The summed E-state index contributed by atoms with van der Waals surface area (Å²) in [5.74, 6) is -3.96. The van der Waals surface area contributed by atoms with Crippen LogP contribution in [0.4, 0.5) is 18.9 Å². The summed E-state index contributed by atoms with van der Waals surface area (Å²) in [6, 6.07) is 2.57. The molecule has 0 aliphatic carbocycles. The lowest BCUT2D eigenvalue weighted by molar-refractivity contribution is 0.452. The molecule has 1 aromatic heterocycles.